The van der Waals surface area contributed by atoms with Gasteiger partial charge in [0.15, 0.2) is 0 Å². The molecule has 3 rings (SSSR count). The maximum absolute atomic E-state index is 12.2. The molecule has 24 heavy (non-hydrogen) atoms. The first-order chi connectivity index (χ1) is 11.7. The molecule has 4 N–H and O–H groups in total. The number of carbonyl (C=O) groups excluding carboxylic acids is 2. The van der Waals surface area contributed by atoms with E-state index in [1.807, 2.05) is 0 Å². The van der Waals surface area contributed by atoms with Crippen molar-refractivity contribution in [2.24, 2.45) is 0 Å². The van der Waals surface area contributed by atoms with Crippen LogP contribution in [0, 0.1) is 0 Å². The van der Waals surface area contributed by atoms with Gasteiger partial charge >= 0.3 is 6.03 Å². The van der Waals surface area contributed by atoms with Gasteiger partial charge in [-0.25, -0.2) is 4.79 Å². The molecule has 2 aliphatic rings. The molecule has 1 aromatic rings. The zero-order valence-corrected chi connectivity index (χ0v) is 13.8. The monoisotopic (exact) mass is 331 g/mol. The predicted molar refractivity (Wildman–Crippen MR) is 93.3 cm³/mol. The molecule has 2 fully saturated rings. The SMILES string of the molecule is O=C(Nc1cccc(C(=O)NCCN2CCNCC2)c1)NC1CC1. The molecule has 1 heterocycles. The number of amides is 3. The Kier molecular flexibility index (Phi) is 5.66. The van der Waals surface area contributed by atoms with E-state index >= 15 is 0 Å². The summed E-state index contributed by atoms with van der Waals surface area (Å²) in [5.41, 5.74) is 1.18. The molecular formula is C17H25N5O2. The lowest BCUT2D eigenvalue weighted by molar-refractivity contribution is 0.0947. The van der Waals surface area contributed by atoms with Gasteiger partial charge in [-0.1, -0.05) is 6.07 Å². The smallest absolute Gasteiger partial charge is 0.319 e. The van der Waals surface area contributed by atoms with Crippen molar-refractivity contribution in [3.05, 3.63) is 29.8 Å². The number of rotatable bonds is 6. The minimum absolute atomic E-state index is 0.114. The summed E-state index contributed by atoms with van der Waals surface area (Å²) in [6.45, 7) is 5.53. The van der Waals surface area contributed by atoms with E-state index in [-0.39, 0.29) is 11.9 Å². The fourth-order valence-corrected chi connectivity index (χ4v) is 2.68. The fraction of sp³-hybridized carbons (Fsp3) is 0.529. The predicted octanol–water partition coefficient (Wildman–Crippen LogP) is 0.606. The quantitative estimate of drug-likeness (QED) is 0.615. The molecule has 0 bridgehead atoms. The highest BCUT2D eigenvalue weighted by atomic mass is 16.2. The number of carbonyl (C=O) groups is 2. The first-order valence-electron chi connectivity index (χ1n) is 8.59. The normalized spacial score (nSPS) is 18.0. The maximum atomic E-state index is 12.2. The van der Waals surface area contributed by atoms with Gasteiger partial charge in [-0.3, -0.25) is 9.69 Å². The molecule has 130 valence electrons. The molecule has 1 aliphatic heterocycles. The summed E-state index contributed by atoms with van der Waals surface area (Å²) in [5, 5.41) is 11.9. The third kappa shape index (κ3) is 5.21. The maximum Gasteiger partial charge on any atom is 0.319 e. The number of nitrogens with zero attached hydrogens (tertiary/aromatic N) is 1. The minimum Gasteiger partial charge on any atom is -0.351 e. The van der Waals surface area contributed by atoms with Crippen molar-refractivity contribution in [3.8, 4) is 0 Å². The van der Waals surface area contributed by atoms with Crippen LogP contribution in [0.1, 0.15) is 23.2 Å². The van der Waals surface area contributed by atoms with Gasteiger partial charge in [-0.05, 0) is 31.0 Å². The van der Waals surface area contributed by atoms with Crippen molar-refractivity contribution < 1.29 is 9.59 Å². The Morgan fingerprint density at radius 3 is 2.75 bits per heavy atom. The van der Waals surface area contributed by atoms with Crippen LogP contribution in [0.5, 0.6) is 0 Å². The number of hydrogen-bond acceptors (Lipinski definition) is 4. The van der Waals surface area contributed by atoms with Gasteiger partial charge in [0, 0.05) is 56.6 Å². The highest BCUT2D eigenvalue weighted by molar-refractivity contribution is 5.96. The Balaban J connectivity index is 1.45. The summed E-state index contributed by atoms with van der Waals surface area (Å²) in [4.78, 5) is 26.3. The molecule has 1 saturated carbocycles. The van der Waals surface area contributed by atoms with E-state index in [0.717, 1.165) is 45.6 Å². The molecular weight excluding hydrogens is 306 g/mol. The lowest BCUT2D eigenvalue weighted by Gasteiger charge is -2.27. The average Bonchev–Trinajstić information content (AvgIpc) is 3.40. The fourth-order valence-electron chi connectivity index (χ4n) is 2.68. The Bertz CT molecular complexity index is 582. The Labute approximate surface area is 142 Å². The molecule has 0 spiro atoms. The van der Waals surface area contributed by atoms with Gasteiger partial charge in [-0.15, -0.1) is 0 Å². The number of anilines is 1. The van der Waals surface area contributed by atoms with E-state index in [2.05, 4.69) is 26.2 Å². The Morgan fingerprint density at radius 2 is 2.00 bits per heavy atom. The van der Waals surface area contributed by atoms with E-state index in [4.69, 9.17) is 0 Å². The molecule has 1 aromatic carbocycles. The van der Waals surface area contributed by atoms with Crippen LogP contribution in [0.15, 0.2) is 24.3 Å². The third-order valence-corrected chi connectivity index (χ3v) is 4.22. The van der Waals surface area contributed by atoms with Crippen molar-refractivity contribution in [1.82, 2.24) is 20.9 Å². The zero-order valence-electron chi connectivity index (χ0n) is 13.8. The van der Waals surface area contributed by atoms with Crippen molar-refractivity contribution in [1.29, 1.82) is 0 Å². The van der Waals surface area contributed by atoms with Gasteiger partial charge in [-0.2, -0.15) is 0 Å². The summed E-state index contributed by atoms with van der Waals surface area (Å²) < 4.78 is 0. The molecule has 0 atom stereocenters. The number of hydrogen-bond donors (Lipinski definition) is 4. The minimum atomic E-state index is -0.214. The summed E-state index contributed by atoms with van der Waals surface area (Å²) in [5.74, 6) is -0.114. The van der Waals surface area contributed by atoms with Crippen LogP contribution in [0.3, 0.4) is 0 Å². The summed E-state index contributed by atoms with van der Waals surface area (Å²) in [6, 6.07) is 7.11. The second kappa shape index (κ2) is 8.12. The molecule has 0 unspecified atom stereocenters. The standard InChI is InChI=1S/C17H25N5O2/c23-16(19-8-11-22-9-6-18-7-10-22)13-2-1-3-15(12-13)21-17(24)20-14-4-5-14/h1-3,12,14,18H,4-11H2,(H,19,23)(H2,20,21,24). The van der Waals surface area contributed by atoms with Crippen LogP contribution in [-0.4, -0.2) is 62.1 Å². The highest BCUT2D eigenvalue weighted by Crippen LogP contribution is 2.19. The lowest BCUT2D eigenvalue weighted by Crippen LogP contribution is -2.46. The van der Waals surface area contributed by atoms with Gasteiger partial charge in [0.25, 0.3) is 5.91 Å². The number of nitrogens with one attached hydrogen (secondary N) is 4. The molecule has 0 aromatic heterocycles. The van der Waals surface area contributed by atoms with Gasteiger partial charge < -0.3 is 21.3 Å². The van der Waals surface area contributed by atoms with Crippen LogP contribution in [0.25, 0.3) is 0 Å². The summed E-state index contributed by atoms with van der Waals surface area (Å²) in [6.07, 6.45) is 2.09. The van der Waals surface area contributed by atoms with Gasteiger partial charge in [0.05, 0.1) is 0 Å². The second-order valence-corrected chi connectivity index (χ2v) is 6.30. The molecule has 1 aliphatic carbocycles. The molecule has 3 amide bonds. The van der Waals surface area contributed by atoms with Crippen LogP contribution in [-0.2, 0) is 0 Å². The van der Waals surface area contributed by atoms with Crippen molar-refractivity contribution in [3.63, 3.8) is 0 Å². The highest BCUT2D eigenvalue weighted by Gasteiger charge is 2.23. The average molecular weight is 331 g/mol. The van der Waals surface area contributed by atoms with E-state index in [9.17, 15) is 9.59 Å². The topological polar surface area (TPSA) is 85.5 Å². The van der Waals surface area contributed by atoms with Crippen molar-refractivity contribution >= 4 is 17.6 Å². The zero-order chi connectivity index (χ0) is 16.8. The van der Waals surface area contributed by atoms with Crippen LogP contribution in [0.4, 0.5) is 10.5 Å². The first kappa shape index (κ1) is 16.7. The lowest BCUT2D eigenvalue weighted by atomic mass is 10.2. The molecule has 7 heteroatoms. The summed E-state index contributed by atoms with van der Waals surface area (Å²) in [7, 11) is 0. The van der Waals surface area contributed by atoms with Crippen LogP contribution < -0.4 is 21.3 Å². The number of piperazine rings is 1. The van der Waals surface area contributed by atoms with Crippen molar-refractivity contribution in [2.75, 3.05) is 44.6 Å². The van der Waals surface area contributed by atoms with Crippen LogP contribution in [0.2, 0.25) is 0 Å². The molecule has 0 radical (unpaired) electrons. The van der Waals surface area contributed by atoms with E-state index in [1.165, 1.54) is 0 Å². The third-order valence-electron chi connectivity index (χ3n) is 4.22. The van der Waals surface area contributed by atoms with E-state index < -0.39 is 0 Å². The Hall–Kier alpha value is -2.12. The number of urea groups is 1. The molecule has 1 saturated heterocycles. The van der Waals surface area contributed by atoms with E-state index in [0.29, 0.717) is 23.8 Å². The summed E-state index contributed by atoms with van der Waals surface area (Å²) >= 11 is 0. The van der Waals surface area contributed by atoms with E-state index in [1.54, 1.807) is 24.3 Å². The van der Waals surface area contributed by atoms with Crippen molar-refractivity contribution in [2.45, 2.75) is 18.9 Å². The molecule has 7 nitrogen and oxygen atoms in total. The van der Waals surface area contributed by atoms with Gasteiger partial charge in [0.1, 0.15) is 0 Å². The Morgan fingerprint density at radius 1 is 1.21 bits per heavy atom. The second-order valence-electron chi connectivity index (χ2n) is 6.30. The first-order valence-corrected chi connectivity index (χ1v) is 8.59. The van der Waals surface area contributed by atoms with Gasteiger partial charge in [0.2, 0.25) is 0 Å². The largest absolute Gasteiger partial charge is 0.351 e. The number of benzene rings is 1. The van der Waals surface area contributed by atoms with Crippen LogP contribution >= 0.6 is 0 Å².